The molecule has 0 aliphatic carbocycles. The first kappa shape index (κ1) is 13.6. The van der Waals surface area contributed by atoms with Gasteiger partial charge < -0.3 is 19.7 Å². The van der Waals surface area contributed by atoms with E-state index in [2.05, 4.69) is 34.5 Å². The molecule has 0 unspecified atom stereocenters. The van der Waals surface area contributed by atoms with E-state index in [9.17, 15) is 0 Å². The molecule has 0 amide bonds. The molecule has 4 nitrogen and oxygen atoms in total. The van der Waals surface area contributed by atoms with Crippen molar-refractivity contribution >= 4 is 11.4 Å². The highest BCUT2D eigenvalue weighted by Gasteiger charge is 2.15. The second-order valence-electron chi connectivity index (χ2n) is 4.95. The minimum Gasteiger partial charge on any atom is -0.497 e. The molecule has 0 radical (unpaired) electrons. The van der Waals surface area contributed by atoms with Crippen LogP contribution in [0.15, 0.2) is 48.5 Å². The fraction of sp³-hybridized carbons (Fsp3) is 0.294. The van der Waals surface area contributed by atoms with E-state index in [0.29, 0.717) is 6.61 Å². The second-order valence-corrected chi connectivity index (χ2v) is 4.95. The Bertz CT molecular complexity index is 584. The van der Waals surface area contributed by atoms with E-state index in [1.54, 1.807) is 7.11 Å². The van der Waals surface area contributed by atoms with Crippen molar-refractivity contribution in [3.05, 3.63) is 48.5 Å². The van der Waals surface area contributed by atoms with Gasteiger partial charge in [0.1, 0.15) is 18.1 Å². The number of nitrogens with one attached hydrogen (secondary N) is 1. The Morgan fingerprint density at radius 3 is 2.62 bits per heavy atom. The highest BCUT2D eigenvalue weighted by molar-refractivity contribution is 5.71. The van der Waals surface area contributed by atoms with E-state index < -0.39 is 0 Å². The summed E-state index contributed by atoms with van der Waals surface area (Å²) in [6.07, 6.45) is 0. The predicted octanol–water partition coefficient (Wildman–Crippen LogP) is 3.01. The van der Waals surface area contributed by atoms with Gasteiger partial charge in [-0.3, -0.25) is 0 Å². The quantitative estimate of drug-likeness (QED) is 0.915. The van der Waals surface area contributed by atoms with Crippen LogP contribution in [0, 0.1) is 0 Å². The lowest BCUT2D eigenvalue weighted by Gasteiger charge is -2.31. The molecule has 21 heavy (non-hydrogen) atoms. The smallest absolute Gasteiger partial charge is 0.119 e. The molecular formula is C17H20N2O2. The first-order valence-electron chi connectivity index (χ1n) is 7.21. The minimum atomic E-state index is 0.667. The molecule has 1 heterocycles. The zero-order valence-electron chi connectivity index (χ0n) is 12.2. The maximum Gasteiger partial charge on any atom is 0.119 e. The number of methoxy groups -OCH3 is 1. The molecule has 2 aromatic rings. The van der Waals surface area contributed by atoms with Crippen molar-refractivity contribution in [2.45, 2.75) is 0 Å². The first-order chi connectivity index (χ1) is 10.4. The monoisotopic (exact) mass is 284 g/mol. The summed E-state index contributed by atoms with van der Waals surface area (Å²) in [5.41, 5.74) is 2.45. The lowest BCUT2D eigenvalue weighted by atomic mass is 10.2. The number of hydrogen-bond acceptors (Lipinski definition) is 4. The largest absolute Gasteiger partial charge is 0.497 e. The molecule has 0 saturated heterocycles. The average Bonchev–Trinajstić information content (AvgIpc) is 2.56. The van der Waals surface area contributed by atoms with Crippen molar-refractivity contribution in [1.82, 2.24) is 0 Å². The zero-order chi connectivity index (χ0) is 14.5. The Morgan fingerprint density at radius 2 is 1.81 bits per heavy atom. The van der Waals surface area contributed by atoms with Gasteiger partial charge >= 0.3 is 0 Å². The lowest BCUT2D eigenvalue weighted by Crippen LogP contribution is -2.36. The van der Waals surface area contributed by atoms with Crippen LogP contribution in [0.25, 0.3) is 0 Å². The highest BCUT2D eigenvalue weighted by Crippen LogP contribution is 2.28. The Balaban J connectivity index is 1.56. The molecule has 2 aromatic carbocycles. The van der Waals surface area contributed by atoms with Gasteiger partial charge in [0.25, 0.3) is 0 Å². The molecule has 1 aliphatic rings. The topological polar surface area (TPSA) is 33.7 Å². The van der Waals surface area contributed by atoms with Crippen LogP contribution in [-0.2, 0) is 0 Å². The molecule has 3 rings (SSSR count). The third-order valence-electron chi connectivity index (χ3n) is 3.63. The molecule has 0 aromatic heterocycles. The second kappa shape index (κ2) is 6.39. The van der Waals surface area contributed by atoms with Crippen molar-refractivity contribution in [1.29, 1.82) is 0 Å². The molecule has 1 N–H and O–H groups in total. The van der Waals surface area contributed by atoms with Gasteiger partial charge in [0.2, 0.25) is 0 Å². The van der Waals surface area contributed by atoms with E-state index in [1.165, 1.54) is 11.4 Å². The summed E-state index contributed by atoms with van der Waals surface area (Å²) in [6.45, 7) is 3.52. The Morgan fingerprint density at radius 1 is 1.05 bits per heavy atom. The van der Waals surface area contributed by atoms with E-state index in [-0.39, 0.29) is 0 Å². The number of hydrogen-bond donors (Lipinski definition) is 1. The van der Waals surface area contributed by atoms with Crippen LogP contribution in [0.1, 0.15) is 0 Å². The minimum absolute atomic E-state index is 0.667. The molecule has 1 aliphatic heterocycles. The molecule has 0 saturated carbocycles. The van der Waals surface area contributed by atoms with Crippen LogP contribution < -0.4 is 19.7 Å². The molecule has 0 fully saturated rings. The van der Waals surface area contributed by atoms with Gasteiger partial charge in [0, 0.05) is 13.1 Å². The predicted molar refractivity (Wildman–Crippen MR) is 85.6 cm³/mol. The maximum atomic E-state index is 5.81. The summed E-state index contributed by atoms with van der Waals surface area (Å²) in [6, 6.07) is 16.1. The van der Waals surface area contributed by atoms with Crippen molar-refractivity contribution in [3.8, 4) is 11.5 Å². The van der Waals surface area contributed by atoms with Gasteiger partial charge in [-0.15, -0.1) is 0 Å². The van der Waals surface area contributed by atoms with Crippen molar-refractivity contribution < 1.29 is 9.47 Å². The molecular weight excluding hydrogens is 264 g/mol. The third-order valence-corrected chi connectivity index (χ3v) is 3.63. The van der Waals surface area contributed by atoms with Crippen LogP contribution in [0.3, 0.4) is 0 Å². The number of benzene rings is 2. The molecule has 0 atom stereocenters. The van der Waals surface area contributed by atoms with Gasteiger partial charge in [0.05, 0.1) is 25.0 Å². The van der Waals surface area contributed by atoms with E-state index in [0.717, 1.165) is 31.1 Å². The number of rotatable bonds is 5. The van der Waals surface area contributed by atoms with Gasteiger partial charge in [-0.25, -0.2) is 0 Å². The Kier molecular flexibility index (Phi) is 4.15. The van der Waals surface area contributed by atoms with Crippen LogP contribution >= 0.6 is 0 Å². The molecule has 0 spiro atoms. The number of fused-ring (bicyclic) bond motifs is 1. The summed E-state index contributed by atoms with van der Waals surface area (Å²) in [5.74, 6) is 1.72. The van der Waals surface area contributed by atoms with Crippen molar-refractivity contribution in [2.24, 2.45) is 0 Å². The van der Waals surface area contributed by atoms with Gasteiger partial charge in [0.15, 0.2) is 0 Å². The van der Waals surface area contributed by atoms with Crippen LogP contribution in [-0.4, -0.2) is 33.4 Å². The molecule has 110 valence electrons. The van der Waals surface area contributed by atoms with Gasteiger partial charge in [-0.05, 0) is 36.4 Å². The number of ether oxygens (including phenoxy) is 2. The third kappa shape index (κ3) is 3.21. The van der Waals surface area contributed by atoms with E-state index >= 15 is 0 Å². The molecule has 0 bridgehead atoms. The Hall–Kier alpha value is -2.36. The Labute approximate surface area is 125 Å². The van der Waals surface area contributed by atoms with Crippen LogP contribution in [0.4, 0.5) is 11.4 Å². The first-order valence-corrected chi connectivity index (χ1v) is 7.21. The summed E-state index contributed by atoms with van der Waals surface area (Å²) in [4.78, 5) is 2.36. The lowest BCUT2D eigenvalue weighted by molar-refractivity contribution is 0.323. The van der Waals surface area contributed by atoms with Crippen LogP contribution in [0.5, 0.6) is 11.5 Å². The van der Waals surface area contributed by atoms with E-state index in [4.69, 9.17) is 9.47 Å². The SMILES string of the molecule is COc1ccc(OCCN2CCNc3ccccc32)cc1. The fourth-order valence-electron chi connectivity index (χ4n) is 2.52. The summed E-state index contributed by atoms with van der Waals surface area (Å²) in [7, 11) is 1.66. The zero-order valence-corrected chi connectivity index (χ0v) is 12.2. The standard InChI is InChI=1S/C17H20N2O2/c1-20-14-6-8-15(9-7-14)21-13-12-19-11-10-18-16-4-2-3-5-17(16)19/h2-9,18H,10-13H2,1H3. The summed E-state index contributed by atoms with van der Waals surface area (Å²) < 4.78 is 10.9. The summed E-state index contributed by atoms with van der Waals surface area (Å²) in [5, 5.41) is 3.42. The number of para-hydroxylation sites is 2. The van der Waals surface area contributed by atoms with Crippen molar-refractivity contribution in [3.63, 3.8) is 0 Å². The van der Waals surface area contributed by atoms with E-state index in [1.807, 2.05) is 24.3 Å². The van der Waals surface area contributed by atoms with Gasteiger partial charge in [-0.2, -0.15) is 0 Å². The van der Waals surface area contributed by atoms with Crippen molar-refractivity contribution in [2.75, 3.05) is 43.6 Å². The fourth-order valence-corrected chi connectivity index (χ4v) is 2.52. The molecule has 4 heteroatoms. The van der Waals surface area contributed by atoms with Crippen LogP contribution in [0.2, 0.25) is 0 Å². The summed E-state index contributed by atoms with van der Waals surface area (Å²) >= 11 is 0. The normalized spacial score (nSPS) is 13.3. The average molecular weight is 284 g/mol. The number of nitrogens with zero attached hydrogens (tertiary/aromatic N) is 1. The number of anilines is 2. The highest BCUT2D eigenvalue weighted by atomic mass is 16.5. The maximum absolute atomic E-state index is 5.81. The van der Waals surface area contributed by atoms with Gasteiger partial charge in [-0.1, -0.05) is 12.1 Å².